The minimum Gasteiger partial charge on any atom is -0.449 e. The van der Waals surface area contributed by atoms with E-state index < -0.39 is 12.1 Å². The minimum absolute atomic E-state index is 0.212. The number of nitrogens with one attached hydrogen (secondary N) is 4. The Kier molecular flexibility index (Phi) is 5.07. The van der Waals surface area contributed by atoms with Gasteiger partial charge in [-0.1, -0.05) is 30.3 Å². The molecule has 1 aliphatic heterocycles. The first-order valence-corrected chi connectivity index (χ1v) is 9.53. The lowest BCUT2D eigenvalue weighted by Crippen LogP contribution is -2.53. The highest BCUT2D eigenvalue weighted by Gasteiger charge is 2.26. The highest BCUT2D eigenvalue weighted by Crippen LogP contribution is 2.25. The maximum atomic E-state index is 12.6. The van der Waals surface area contributed by atoms with E-state index in [0.29, 0.717) is 12.1 Å². The van der Waals surface area contributed by atoms with Crippen LogP contribution < -0.4 is 16.0 Å². The van der Waals surface area contributed by atoms with Gasteiger partial charge in [-0.3, -0.25) is 9.59 Å². The van der Waals surface area contributed by atoms with Gasteiger partial charge in [-0.05, 0) is 29.8 Å². The van der Waals surface area contributed by atoms with Gasteiger partial charge in [-0.15, -0.1) is 0 Å². The van der Waals surface area contributed by atoms with Crippen molar-refractivity contribution in [1.82, 2.24) is 20.9 Å². The van der Waals surface area contributed by atoms with E-state index in [1.165, 1.54) is 0 Å². The van der Waals surface area contributed by atoms with E-state index in [0.717, 1.165) is 21.7 Å². The first-order valence-electron chi connectivity index (χ1n) is 9.53. The van der Waals surface area contributed by atoms with Crippen LogP contribution in [0.1, 0.15) is 23.8 Å². The van der Waals surface area contributed by atoms with E-state index in [1.807, 2.05) is 42.5 Å². The van der Waals surface area contributed by atoms with Gasteiger partial charge in [-0.25, -0.2) is 4.79 Å². The van der Waals surface area contributed by atoms with Crippen molar-refractivity contribution in [3.63, 3.8) is 0 Å². The van der Waals surface area contributed by atoms with Crippen molar-refractivity contribution < 1.29 is 19.1 Å². The van der Waals surface area contributed by atoms with Crippen molar-refractivity contribution in [3.05, 3.63) is 48.2 Å². The van der Waals surface area contributed by atoms with Crippen molar-refractivity contribution in [2.45, 2.75) is 25.4 Å². The smallest absolute Gasteiger partial charge is 0.407 e. The maximum absolute atomic E-state index is 12.6. The monoisotopic (exact) mass is 394 g/mol. The number of aromatic amines is 1. The van der Waals surface area contributed by atoms with Crippen molar-refractivity contribution in [2.75, 3.05) is 13.2 Å². The van der Waals surface area contributed by atoms with Gasteiger partial charge in [0.2, 0.25) is 5.91 Å². The molecule has 2 atom stereocenters. The molecule has 1 saturated heterocycles. The number of rotatable bonds is 5. The van der Waals surface area contributed by atoms with Gasteiger partial charge in [0.1, 0.15) is 11.7 Å². The molecule has 8 nitrogen and oxygen atoms in total. The number of H-pyrrole nitrogens is 1. The Hall–Kier alpha value is -3.55. The molecular formula is C21H22N4O4. The third kappa shape index (κ3) is 4.01. The van der Waals surface area contributed by atoms with Gasteiger partial charge >= 0.3 is 6.09 Å². The standard InChI is InChI=1S/C21H22N4O4/c1-12(23-20(27)17-8-9-29-21(28)25-17)11-22-19(26)18-10-15-14-5-3-2-4-13(14)6-7-16(15)24-18/h2-7,10,12,17,24H,8-9,11H2,1H3,(H,22,26)(H,23,27)(H,25,28)/t12-,17+/m0/s1. The Morgan fingerprint density at radius 1 is 1.21 bits per heavy atom. The molecule has 0 aliphatic carbocycles. The van der Waals surface area contributed by atoms with Crippen LogP contribution in [0.3, 0.4) is 0 Å². The summed E-state index contributed by atoms with van der Waals surface area (Å²) in [6.45, 7) is 2.26. The molecule has 3 amide bonds. The number of hydrogen-bond acceptors (Lipinski definition) is 4. The van der Waals surface area contributed by atoms with Gasteiger partial charge in [-0.2, -0.15) is 0 Å². The normalized spacial score (nSPS) is 17.4. The Balaban J connectivity index is 1.37. The van der Waals surface area contributed by atoms with E-state index in [2.05, 4.69) is 20.9 Å². The van der Waals surface area contributed by atoms with Gasteiger partial charge in [0.05, 0.1) is 6.61 Å². The summed E-state index contributed by atoms with van der Waals surface area (Å²) in [5.41, 5.74) is 1.36. The van der Waals surface area contributed by atoms with E-state index in [9.17, 15) is 14.4 Å². The summed E-state index contributed by atoms with van der Waals surface area (Å²) in [6.07, 6.45) is -0.177. The molecule has 4 rings (SSSR count). The molecule has 8 heteroatoms. The number of cyclic esters (lactones) is 1. The van der Waals surface area contributed by atoms with Crippen LogP contribution >= 0.6 is 0 Å². The average Bonchev–Trinajstić information content (AvgIpc) is 3.17. The van der Waals surface area contributed by atoms with Crippen LogP contribution in [-0.4, -0.2) is 48.1 Å². The average molecular weight is 394 g/mol. The molecule has 0 bridgehead atoms. The largest absolute Gasteiger partial charge is 0.449 e. The van der Waals surface area contributed by atoms with E-state index in [1.54, 1.807) is 6.92 Å². The van der Waals surface area contributed by atoms with Crippen LogP contribution in [-0.2, 0) is 9.53 Å². The molecule has 1 fully saturated rings. The van der Waals surface area contributed by atoms with Gasteiger partial charge in [0.25, 0.3) is 5.91 Å². The molecular weight excluding hydrogens is 372 g/mol. The van der Waals surface area contributed by atoms with Crippen LogP contribution in [0.4, 0.5) is 4.79 Å². The summed E-state index contributed by atoms with van der Waals surface area (Å²) in [5.74, 6) is -0.536. The first-order chi connectivity index (χ1) is 14.0. The predicted molar refractivity (Wildman–Crippen MR) is 109 cm³/mol. The highest BCUT2D eigenvalue weighted by molar-refractivity contribution is 6.09. The third-order valence-corrected chi connectivity index (χ3v) is 4.98. The summed E-state index contributed by atoms with van der Waals surface area (Å²) in [4.78, 5) is 39.1. The predicted octanol–water partition coefficient (Wildman–Crippen LogP) is 2.05. The maximum Gasteiger partial charge on any atom is 0.407 e. The lowest BCUT2D eigenvalue weighted by atomic mass is 10.1. The molecule has 150 valence electrons. The van der Waals surface area contributed by atoms with Gasteiger partial charge < -0.3 is 25.7 Å². The van der Waals surface area contributed by atoms with E-state index in [-0.39, 0.29) is 31.0 Å². The second-order valence-electron chi connectivity index (χ2n) is 7.17. The lowest BCUT2D eigenvalue weighted by Gasteiger charge is -2.24. The number of benzene rings is 2. The molecule has 0 saturated carbocycles. The van der Waals surface area contributed by atoms with Crippen molar-refractivity contribution >= 4 is 39.6 Å². The number of ether oxygens (including phenoxy) is 1. The summed E-state index contributed by atoms with van der Waals surface area (Å²) < 4.78 is 4.75. The number of carbonyl (C=O) groups excluding carboxylic acids is 3. The summed E-state index contributed by atoms with van der Waals surface area (Å²) in [5, 5.41) is 11.3. The summed E-state index contributed by atoms with van der Waals surface area (Å²) >= 11 is 0. The number of aromatic nitrogens is 1. The molecule has 3 aromatic rings. The second-order valence-corrected chi connectivity index (χ2v) is 7.17. The second kappa shape index (κ2) is 7.83. The molecule has 0 spiro atoms. The Labute approximate surface area is 167 Å². The van der Waals surface area contributed by atoms with Crippen LogP contribution in [0.25, 0.3) is 21.7 Å². The molecule has 1 aromatic heterocycles. The van der Waals surface area contributed by atoms with E-state index in [4.69, 9.17) is 4.74 Å². The molecule has 2 heterocycles. The number of carbonyl (C=O) groups is 3. The SMILES string of the molecule is C[C@@H](CNC(=O)c1cc2c(ccc3ccccc32)[nH]1)NC(=O)[C@H]1CCOC(=O)N1. The lowest BCUT2D eigenvalue weighted by molar-refractivity contribution is -0.124. The molecule has 1 aliphatic rings. The fourth-order valence-corrected chi connectivity index (χ4v) is 3.47. The van der Waals surface area contributed by atoms with Crippen LogP contribution in [0.5, 0.6) is 0 Å². The molecule has 29 heavy (non-hydrogen) atoms. The number of alkyl carbamates (subject to hydrolysis) is 1. The molecule has 0 radical (unpaired) electrons. The van der Waals surface area contributed by atoms with Crippen LogP contribution in [0, 0.1) is 0 Å². The quantitative estimate of drug-likeness (QED) is 0.531. The highest BCUT2D eigenvalue weighted by atomic mass is 16.6. The fraction of sp³-hybridized carbons (Fsp3) is 0.286. The Morgan fingerprint density at radius 3 is 2.86 bits per heavy atom. The van der Waals surface area contributed by atoms with Gasteiger partial charge in [0.15, 0.2) is 0 Å². The summed E-state index contributed by atoms with van der Waals surface area (Å²) in [6, 6.07) is 12.9. The van der Waals surface area contributed by atoms with Crippen molar-refractivity contribution in [3.8, 4) is 0 Å². The van der Waals surface area contributed by atoms with Crippen molar-refractivity contribution in [1.29, 1.82) is 0 Å². The fourth-order valence-electron chi connectivity index (χ4n) is 3.47. The van der Waals surface area contributed by atoms with E-state index >= 15 is 0 Å². The first kappa shape index (κ1) is 18.8. The van der Waals surface area contributed by atoms with Crippen molar-refractivity contribution in [2.24, 2.45) is 0 Å². The number of amides is 3. The molecule has 0 unspecified atom stereocenters. The van der Waals surface area contributed by atoms with Crippen LogP contribution in [0.15, 0.2) is 42.5 Å². The third-order valence-electron chi connectivity index (χ3n) is 4.98. The topological polar surface area (TPSA) is 112 Å². The van der Waals surface area contributed by atoms with Gasteiger partial charge in [0, 0.05) is 29.9 Å². The minimum atomic E-state index is -0.614. The Bertz CT molecular complexity index is 1090. The number of hydrogen-bond donors (Lipinski definition) is 4. The molecule has 4 N–H and O–H groups in total. The zero-order valence-corrected chi connectivity index (χ0v) is 16.0. The number of fused-ring (bicyclic) bond motifs is 3. The van der Waals surface area contributed by atoms with Crippen LogP contribution in [0.2, 0.25) is 0 Å². The molecule has 2 aromatic carbocycles. The summed E-state index contributed by atoms with van der Waals surface area (Å²) in [7, 11) is 0. The zero-order valence-electron chi connectivity index (χ0n) is 16.0. The zero-order chi connectivity index (χ0) is 20.4. The Morgan fingerprint density at radius 2 is 2.03 bits per heavy atom.